The minimum Gasteiger partial charge on any atom is -0.395 e. The van der Waals surface area contributed by atoms with E-state index in [0.717, 1.165) is 0 Å². The minimum atomic E-state index is -0.884. The van der Waals surface area contributed by atoms with Crippen LogP contribution in [0.4, 0.5) is 0 Å². The Kier molecular flexibility index (Phi) is 3.74. The largest absolute Gasteiger partial charge is 0.395 e. The van der Waals surface area contributed by atoms with E-state index in [1.807, 2.05) is 0 Å². The van der Waals surface area contributed by atoms with E-state index in [9.17, 15) is 9.59 Å². The Labute approximate surface area is 65.8 Å². The Morgan fingerprint density at radius 1 is 1.45 bits per heavy atom. The molecule has 0 bridgehead atoms. The number of aliphatic hydroxyl groups excluding tert-OH is 1. The van der Waals surface area contributed by atoms with E-state index in [-0.39, 0.29) is 11.7 Å². The number of nitrogens with zero attached hydrogens (tertiary/aromatic N) is 1. The Bertz CT molecular complexity index is 165. The van der Waals surface area contributed by atoms with Crippen molar-refractivity contribution in [3.63, 3.8) is 0 Å². The Morgan fingerprint density at radius 2 is 1.91 bits per heavy atom. The van der Waals surface area contributed by atoms with E-state index in [2.05, 4.69) is 0 Å². The van der Waals surface area contributed by atoms with E-state index in [1.54, 1.807) is 14.1 Å². The van der Waals surface area contributed by atoms with Crippen molar-refractivity contribution >= 4 is 11.7 Å². The second-order valence-electron chi connectivity index (χ2n) is 2.58. The molecule has 0 aromatic carbocycles. The molecular weight excluding hydrogens is 146 g/mol. The molecule has 0 saturated carbocycles. The standard InChI is InChI=1S/C7H13NO3/c1-5(10)6(4-9)7(11)8(2)3/h6,9H,4H2,1-3H3. The summed E-state index contributed by atoms with van der Waals surface area (Å²) >= 11 is 0. The van der Waals surface area contributed by atoms with Gasteiger partial charge >= 0.3 is 0 Å². The topological polar surface area (TPSA) is 57.6 Å². The van der Waals surface area contributed by atoms with E-state index in [4.69, 9.17) is 5.11 Å². The van der Waals surface area contributed by atoms with Crippen molar-refractivity contribution < 1.29 is 14.7 Å². The van der Waals surface area contributed by atoms with Crippen LogP contribution in [0, 0.1) is 5.92 Å². The molecule has 0 aliphatic rings. The third-order valence-corrected chi connectivity index (χ3v) is 1.41. The van der Waals surface area contributed by atoms with Gasteiger partial charge in [-0.15, -0.1) is 0 Å². The molecule has 4 heteroatoms. The molecule has 0 aliphatic carbocycles. The van der Waals surface area contributed by atoms with Crippen molar-refractivity contribution in [3.05, 3.63) is 0 Å². The summed E-state index contributed by atoms with van der Waals surface area (Å²) < 4.78 is 0. The van der Waals surface area contributed by atoms with Crippen LogP contribution >= 0.6 is 0 Å². The fraction of sp³-hybridized carbons (Fsp3) is 0.714. The molecule has 0 aliphatic heterocycles. The average molecular weight is 159 g/mol. The highest BCUT2D eigenvalue weighted by molar-refractivity contribution is 6.00. The molecule has 0 aromatic rings. The van der Waals surface area contributed by atoms with Gasteiger partial charge in [-0.1, -0.05) is 0 Å². The fourth-order valence-electron chi connectivity index (χ4n) is 0.692. The third kappa shape index (κ3) is 2.67. The Hall–Kier alpha value is -0.900. The number of aliphatic hydroxyl groups is 1. The lowest BCUT2D eigenvalue weighted by Crippen LogP contribution is -2.35. The maximum absolute atomic E-state index is 11.1. The van der Waals surface area contributed by atoms with Crippen molar-refractivity contribution in [2.24, 2.45) is 5.92 Å². The van der Waals surface area contributed by atoms with Gasteiger partial charge < -0.3 is 10.0 Å². The lowest BCUT2D eigenvalue weighted by Gasteiger charge is -2.15. The van der Waals surface area contributed by atoms with Gasteiger partial charge in [0, 0.05) is 14.1 Å². The van der Waals surface area contributed by atoms with Crippen LogP contribution in [0.5, 0.6) is 0 Å². The first kappa shape index (κ1) is 10.1. The summed E-state index contributed by atoms with van der Waals surface area (Å²) in [6.07, 6.45) is 0. The summed E-state index contributed by atoms with van der Waals surface area (Å²) in [5.74, 6) is -1.53. The van der Waals surface area contributed by atoms with Gasteiger partial charge in [0.1, 0.15) is 11.7 Å². The molecule has 64 valence electrons. The monoisotopic (exact) mass is 159 g/mol. The van der Waals surface area contributed by atoms with Gasteiger partial charge in [-0.25, -0.2) is 0 Å². The lowest BCUT2D eigenvalue weighted by atomic mass is 10.1. The molecule has 0 aromatic heterocycles. The van der Waals surface area contributed by atoms with Crippen molar-refractivity contribution in [3.8, 4) is 0 Å². The zero-order valence-corrected chi connectivity index (χ0v) is 7.00. The normalized spacial score (nSPS) is 12.4. The Balaban J connectivity index is 4.27. The van der Waals surface area contributed by atoms with Gasteiger partial charge in [0.05, 0.1) is 6.61 Å². The maximum atomic E-state index is 11.1. The first-order valence-electron chi connectivity index (χ1n) is 3.33. The summed E-state index contributed by atoms with van der Waals surface area (Å²) in [5.41, 5.74) is 0. The zero-order chi connectivity index (χ0) is 9.02. The van der Waals surface area contributed by atoms with E-state index in [0.29, 0.717) is 0 Å². The second kappa shape index (κ2) is 4.08. The summed E-state index contributed by atoms with van der Waals surface area (Å²) in [4.78, 5) is 23.1. The minimum absolute atomic E-state index is 0.300. The highest BCUT2D eigenvalue weighted by atomic mass is 16.3. The lowest BCUT2D eigenvalue weighted by molar-refractivity contribution is -0.140. The van der Waals surface area contributed by atoms with Crippen LogP contribution in [-0.2, 0) is 9.59 Å². The maximum Gasteiger partial charge on any atom is 0.234 e. The predicted molar refractivity (Wildman–Crippen MR) is 40.0 cm³/mol. The number of carbonyl (C=O) groups excluding carboxylic acids is 2. The van der Waals surface area contributed by atoms with Gasteiger partial charge in [-0.05, 0) is 6.92 Å². The van der Waals surface area contributed by atoms with Gasteiger partial charge in [-0.3, -0.25) is 9.59 Å². The highest BCUT2D eigenvalue weighted by Crippen LogP contribution is 2.00. The number of Topliss-reactive ketones (excluding diaryl/α,β-unsaturated/α-hetero) is 1. The average Bonchev–Trinajstić information content (AvgIpc) is 1.88. The van der Waals surface area contributed by atoms with E-state index < -0.39 is 12.5 Å². The molecule has 11 heavy (non-hydrogen) atoms. The molecule has 1 atom stereocenters. The molecule has 0 fully saturated rings. The van der Waals surface area contributed by atoms with Crippen LogP contribution in [0.1, 0.15) is 6.92 Å². The second-order valence-corrected chi connectivity index (χ2v) is 2.58. The molecule has 0 spiro atoms. The van der Waals surface area contributed by atoms with Crippen molar-refractivity contribution in [1.82, 2.24) is 4.90 Å². The van der Waals surface area contributed by atoms with Crippen molar-refractivity contribution in [2.45, 2.75) is 6.92 Å². The zero-order valence-electron chi connectivity index (χ0n) is 7.00. The molecule has 1 amide bonds. The number of carbonyl (C=O) groups is 2. The van der Waals surface area contributed by atoms with Gasteiger partial charge in [0.15, 0.2) is 0 Å². The number of ketones is 1. The van der Waals surface area contributed by atoms with Gasteiger partial charge in [0.25, 0.3) is 0 Å². The van der Waals surface area contributed by atoms with Gasteiger partial charge in [0.2, 0.25) is 5.91 Å². The van der Waals surface area contributed by atoms with E-state index in [1.165, 1.54) is 11.8 Å². The Morgan fingerprint density at radius 3 is 2.00 bits per heavy atom. The van der Waals surface area contributed by atoms with Crippen LogP contribution in [-0.4, -0.2) is 42.4 Å². The summed E-state index contributed by atoms with van der Waals surface area (Å²) in [7, 11) is 3.10. The van der Waals surface area contributed by atoms with Gasteiger partial charge in [-0.2, -0.15) is 0 Å². The SMILES string of the molecule is CC(=O)C(CO)C(=O)N(C)C. The molecule has 1 unspecified atom stereocenters. The van der Waals surface area contributed by atoms with Crippen LogP contribution < -0.4 is 0 Å². The smallest absolute Gasteiger partial charge is 0.234 e. The van der Waals surface area contributed by atoms with Crippen LogP contribution in [0.2, 0.25) is 0 Å². The quantitative estimate of drug-likeness (QED) is 0.552. The molecule has 1 N–H and O–H groups in total. The van der Waals surface area contributed by atoms with Crippen molar-refractivity contribution in [1.29, 1.82) is 0 Å². The third-order valence-electron chi connectivity index (χ3n) is 1.41. The number of amides is 1. The molecular formula is C7H13NO3. The summed E-state index contributed by atoms with van der Waals surface area (Å²) in [5, 5.41) is 8.65. The summed E-state index contributed by atoms with van der Waals surface area (Å²) in [6.45, 7) is 0.884. The predicted octanol–water partition coefficient (Wildman–Crippen LogP) is -0.728. The molecule has 0 saturated heterocycles. The molecule has 0 rings (SSSR count). The fourth-order valence-corrected chi connectivity index (χ4v) is 0.692. The number of hydrogen-bond acceptors (Lipinski definition) is 3. The number of hydrogen-bond donors (Lipinski definition) is 1. The summed E-state index contributed by atoms with van der Waals surface area (Å²) in [6, 6.07) is 0. The highest BCUT2D eigenvalue weighted by Gasteiger charge is 2.23. The first-order chi connectivity index (χ1) is 5.00. The van der Waals surface area contributed by atoms with Crippen LogP contribution in [0.25, 0.3) is 0 Å². The first-order valence-corrected chi connectivity index (χ1v) is 3.33. The molecule has 0 radical (unpaired) electrons. The molecule has 0 heterocycles. The molecule has 4 nitrogen and oxygen atoms in total. The van der Waals surface area contributed by atoms with Crippen LogP contribution in [0.15, 0.2) is 0 Å². The van der Waals surface area contributed by atoms with Crippen molar-refractivity contribution in [2.75, 3.05) is 20.7 Å². The van der Waals surface area contributed by atoms with E-state index >= 15 is 0 Å². The van der Waals surface area contributed by atoms with Crippen LogP contribution in [0.3, 0.4) is 0 Å². The number of rotatable bonds is 3.